The Morgan fingerprint density at radius 2 is 1.80 bits per heavy atom. The zero-order chi connectivity index (χ0) is 25.5. The fourth-order valence-electron chi connectivity index (χ4n) is 9.13. The lowest BCUT2D eigenvalue weighted by Gasteiger charge is -2.58. The molecule has 0 amide bonds. The van der Waals surface area contributed by atoms with Crippen LogP contribution in [0.25, 0.3) is 0 Å². The van der Waals surface area contributed by atoms with E-state index in [1.54, 1.807) is 19.4 Å². The quantitative estimate of drug-likeness (QED) is 0.197. The Morgan fingerprint density at radius 3 is 2.49 bits per heavy atom. The van der Waals surface area contributed by atoms with Crippen molar-refractivity contribution in [2.24, 2.45) is 46.3 Å². The molecule has 0 saturated heterocycles. The number of ether oxygens (including phenoxy) is 1. The molecule has 0 spiro atoms. The van der Waals surface area contributed by atoms with Crippen molar-refractivity contribution < 1.29 is 9.53 Å². The van der Waals surface area contributed by atoms with Gasteiger partial charge in [0.15, 0.2) is 0 Å². The number of esters is 1. The van der Waals surface area contributed by atoms with E-state index in [1.807, 2.05) is 0 Å². The average Bonchev–Trinajstić information content (AvgIpc) is 3.15. The molecule has 35 heavy (non-hydrogen) atoms. The molecule has 0 heterocycles. The predicted octanol–water partition coefficient (Wildman–Crippen LogP) is 9.47. The van der Waals surface area contributed by atoms with E-state index >= 15 is 0 Å². The summed E-state index contributed by atoms with van der Waals surface area (Å²) < 4.78 is 5.90. The Hall–Kier alpha value is -0.760. The van der Waals surface area contributed by atoms with Crippen LogP contribution < -0.4 is 0 Å². The van der Waals surface area contributed by atoms with Crippen LogP contribution >= 0.6 is 11.6 Å². The van der Waals surface area contributed by atoms with Gasteiger partial charge in [0.2, 0.25) is 0 Å². The third kappa shape index (κ3) is 5.17. The van der Waals surface area contributed by atoms with Crippen LogP contribution in [0, 0.1) is 46.3 Å². The van der Waals surface area contributed by atoms with Crippen LogP contribution in [0.15, 0.2) is 22.3 Å². The SMILES string of the molecule is C/C(Cl)=C(/C)C(=O)OC1CCC2(C)C(=CCC3C2CCC2(C)C(C(C)CCCC(C)C)CCC32)C1. The van der Waals surface area contributed by atoms with Crippen LogP contribution in [0.3, 0.4) is 0 Å². The molecular formula is C32H51ClO2. The average molecular weight is 503 g/mol. The summed E-state index contributed by atoms with van der Waals surface area (Å²) in [6.07, 6.45) is 16.8. The maximum atomic E-state index is 12.5. The summed E-state index contributed by atoms with van der Waals surface area (Å²) in [6.45, 7) is 16.0. The van der Waals surface area contributed by atoms with E-state index < -0.39 is 0 Å². The Balaban J connectivity index is 1.44. The fraction of sp³-hybridized carbons (Fsp3) is 0.844. The van der Waals surface area contributed by atoms with Crippen LogP contribution in [-0.4, -0.2) is 12.1 Å². The highest BCUT2D eigenvalue weighted by Crippen LogP contribution is 2.67. The Kier molecular flexibility index (Phi) is 8.22. The Labute approximate surface area is 220 Å². The lowest BCUT2D eigenvalue weighted by Crippen LogP contribution is -2.51. The van der Waals surface area contributed by atoms with Crippen molar-refractivity contribution in [3.8, 4) is 0 Å². The van der Waals surface area contributed by atoms with E-state index in [-0.39, 0.29) is 12.1 Å². The molecule has 3 fully saturated rings. The minimum Gasteiger partial charge on any atom is -0.459 e. The molecule has 0 bridgehead atoms. The maximum absolute atomic E-state index is 12.5. The summed E-state index contributed by atoms with van der Waals surface area (Å²) in [7, 11) is 0. The zero-order valence-electron chi connectivity index (χ0n) is 23.6. The topological polar surface area (TPSA) is 26.3 Å². The van der Waals surface area contributed by atoms with Gasteiger partial charge in [0.25, 0.3) is 0 Å². The van der Waals surface area contributed by atoms with Crippen LogP contribution in [0.1, 0.15) is 119 Å². The molecule has 3 heteroatoms. The van der Waals surface area contributed by atoms with Gasteiger partial charge in [0.1, 0.15) is 6.10 Å². The van der Waals surface area contributed by atoms with Gasteiger partial charge in [-0.15, -0.1) is 0 Å². The summed E-state index contributed by atoms with van der Waals surface area (Å²) in [5.74, 6) is 4.91. The monoisotopic (exact) mass is 502 g/mol. The van der Waals surface area contributed by atoms with Gasteiger partial charge in [0, 0.05) is 17.0 Å². The number of hydrogen-bond donors (Lipinski definition) is 0. The maximum Gasteiger partial charge on any atom is 0.335 e. The highest BCUT2D eigenvalue weighted by Gasteiger charge is 2.59. The number of allylic oxidation sites excluding steroid dienone is 2. The molecule has 2 nitrogen and oxygen atoms in total. The zero-order valence-corrected chi connectivity index (χ0v) is 24.3. The van der Waals surface area contributed by atoms with Crippen LogP contribution in [-0.2, 0) is 9.53 Å². The van der Waals surface area contributed by atoms with Gasteiger partial charge >= 0.3 is 5.97 Å². The van der Waals surface area contributed by atoms with Gasteiger partial charge in [-0.3, -0.25) is 0 Å². The van der Waals surface area contributed by atoms with Crippen molar-refractivity contribution in [1.29, 1.82) is 0 Å². The first-order valence-corrected chi connectivity index (χ1v) is 15.1. The molecule has 3 saturated carbocycles. The molecule has 0 aromatic carbocycles. The van der Waals surface area contributed by atoms with Crippen molar-refractivity contribution in [3.05, 3.63) is 22.3 Å². The van der Waals surface area contributed by atoms with Gasteiger partial charge in [-0.2, -0.15) is 0 Å². The summed E-state index contributed by atoms with van der Waals surface area (Å²) in [5, 5.41) is 0.532. The van der Waals surface area contributed by atoms with Gasteiger partial charge in [-0.05, 0) is 105 Å². The molecule has 8 atom stereocenters. The highest BCUT2D eigenvalue weighted by molar-refractivity contribution is 6.31. The lowest BCUT2D eigenvalue weighted by atomic mass is 9.47. The summed E-state index contributed by atoms with van der Waals surface area (Å²) in [6, 6.07) is 0. The fourth-order valence-corrected chi connectivity index (χ4v) is 9.21. The van der Waals surface area contributed by atoms with Gasteiger partial charge in [0.05, 0.1) is 0 Å². The minimum atomic E-state index is -0.242. The summed E-state index contributed by atoms with van der Waals surface area (Å²) in [5.41, 5.74) is 2.95. The molecule has 0 radical (unpaired) electrons. The molecule has 0 N–H and O–H groups in total. The number of fused-ring (bicyclic) bond motifs is 5. The molecule has 0 aromatic rings. The summed E-state index contributed by atoms with van der Waals surface area (Å²) in [4.78, 5) is 12.5. The number of carbonyl (C=O) groups is 1. The molecule has 4 rings (SSSR count). The summed E-state index contributed by atoms with van der Waals surface area (Å²) >= 11 is 6.04. The van der Waals surface area contributed by atoms with Gasteiger partial charge < -0.3 is 4.74 Å². The van der Waals surface area contributed by atoms with E-state index in [9.17, 15) is 4.79 Å². The standard InChI is InChI=1S/C32H51ClO2/c1-20(2)9-8-10-21(3)27-13-14-28-26-12-11-24-19-25(35-30(34)22(4)23(5)33)15-17-31(24,6)29(26)16-18-32(27,28)7/h11,20-21,25-29H,8-10,12-19H2,1-7H3/b23-22+. The third-order valence-corrected chi connectivity index (χ3v) is 11.6. The number of carbonyl (C=O) groups excluding carboxylic acids is 1. The first kappa shape index (κ1) is 27.3. The third-order valence-electron chi connectivity index (χ3n) is 11.4. The normalized spacial score (nSPS) is 40.3. The van der Waals surface area contributed by atoms with Gasteiger partial charge in [-0.1, -0.05) is 77.1 Å². The molecule has 0 aromatic heterocycles. The van der Waals surface area contributed by atoms with Crippen molar-refractivity contribution in [2.45, 2.75) is 125 Å². The second-order valence-electron chi connectivity index (χ2n) is 13.7. The lowest BCUT2D eigenvalue weighted by molar-refractivity contribution is -0.146. The Morgan fingerprint density at radius 1 is 1.06 bits per heavy atom. The van der Waals surface area contributed by atoms with E-state index in [0.717, 1.165) is 54.8 Å². The first-order chi connectivity index (χ1) is 16.5. The highest BCUT2D eigenvalue weighted by atomic mass is 35.5. The number of halogens is 1. The van der Waals surface area contributed by atoms with Crippen LogP contribution in [0.5, 0.6) is 0 Å². The predicted molar refractivity (Wildman–Crippen MR) is 147 cm³/mol. The Bertz CT molecular complexity index is 852. The van der Waals surface area contributed by atoms with E-state index in [1.165, 1.54) is 51.4 Å². The number of rotatable bonds is 7. The van der Waals surface area contributed by atoms with Crippen LogP contribution in [0.4, 0.5) is 0 Å². The van der Waals surface area contributed by atoms with Crippen molar-refractivity contribution in [3.63, 3.8) is 0 Å². The van der Waals surface area contributed by atoms with Crippen molar-refractivity contribution >= 4 is 17.6 Å². The first-order valence-electron chi connectivity index (χ1n) is 14.7. The minimum absolute atomic E-state index is 0.000692. The van der Waals surface area contributed by atoms with Crippen LogP contribution in [0.2, 0.25) is 0 Å². The van der Waals surface area contributed by atoms with Crippen molar-refractivity contribution in [1.82, 2.24) is 0 Å². The largest absolute Gasteiger partial charge is 0.459 e. The molecule has 0 aliphatic heterocycles. The molecular weight excluding hydrogens is 452 g/mol. The van der Waals surface area contributed by atoms with Gasteiger partial charge in [-0.25, -0.2) is 4.79 Å². The van der Waals surface area contributed by atoms with E-state index in [2.05, 4.69) is 40.7 Å². The molecule has 4 aliphatic rings. The van der Waals surface area contributed by atoms with E-state index in [0.29, 0.717) is 21.4 Å². The smallest absolute Gasteiger partial charge is 0.335 e. The van der Waals surface area contributed by atoms with E-state index in [4.69, 9.17) is 16.3 Å². The molecule has 4 aliphatic carbocycles. The number of hydrogen-bond acceptors (Lipinski definition) is 2. The molecule has 8 unspecified atom stereocenters. The second-order valence-corrected chi connectivity index (χ2v) is 14.3. The second kappa shape index (κ2) is 10.5. The molecule has 198 valence electrons. The van der Waals surface area contributed by atoms with Crippen molar-refractivity contribution in [2.75, 3.05) is 0 Å².